The van der Waals surface area contributed by atoms with Crippen LogP contribution >= 0.6 is 0 Å². The van der Waals surface area contributed by atoms with Crippen LogP contribution in [0.2, 0.25) is 0 Å². The summed E-state index contributed by atoms with van der Waals surface area (Å²) < 4.78 is 0. The largest absolute Gasteiger partial charge is 0.393 e. The lowest BCUT2D eigenvalue weighted by atomic mass is 10.1. The van der Waals surface area contributed by atoms with Crippen molar-refractivity contribution in [3.05, 3.63) is 6.33 Å². The third-order valence-corrected chi connectivity index (χ3v) is 2.24. The van der Waals surface area contributed by atoms with Gasteiger partial charge >= 0.3 is 0 Å². The first-order valence-electron chi connectivity index (χ1n) is 5.73. The molecule has 90 valence electrons. The Kier molecular flexibility index (Phi) is 4.82. The summed E-state index contributed by atoms with van der Waals surface area (Å²) in [5.41, 5.74) is 6.53. The zero-order valence-electron chi connectivity index (χ0n) is 10.2. The van der Waals surface area contributed by atoms with Crippen molar-refractivity contribution in [1.29, 1.82) is 0 Å². The molecule has 0 saturated carbocycles. The summed E-state index contributed by atoms with van der Waals surface area (Å²) in [6, 6.07) is 0. The van der Waals surface area contributed by atoms with Crippen LogP contribution in [-0.4, -0.2) is 23.1 Å². The Morgan fingerprint density at radius 2 is 1.88 bits per heavy atom. The van der Waals surface area contributed by atoms with Crippen LogP contribution in [0, 0.1) is 5.92 Å². The highest BCUT2D eigenvalue weighted by Gasteiger charge is 2.06. The van der Waals surface area contributed by atoms with Crippen LogP contribution in [0.1, 0.15) is 27.2 Å². The van der Waals surface area contributed by atoms with Gasteiger partial charge in [0.15, 0.2) is 11.6 Å². The van der Waals surface area contributed by atoms with Crippen LogP contribution in [0.3, 0.4) is 0 Å². The van der Waals surface area contributed by atoms with Gasteiger partial charge in [-0.25, -0.2) is 9.97 Å². The lowest BCUT2D eigenvalue weighted by Crippen LogP contribution is -2.11. The van der Waals surface area contributed by atoms with E-state index in [1.165, 1.54) is 6.33 Å². The molecule has 1 heterocycles. The van der Waals surface area contributed by atoms with Gasteiger partial charge in [-0.15, -0.1) is 0 Å². The van der Waals surface area contributed by atoms with E-state index >= 15 is 0 Å². The molecule has 0 aromatic carbocycles. The minimum atomic E-state index is 0.591. The van der Waals surface area contributed by atoms with E-state index in [0.29, 0.717) is 23.2 Å². The first-order valence-corrected chi connectivity index (χ1v) is 5.73. The summed E-state index contributed by atoms with van der Waals surface area (Å²) in [6.07, 6.45) is 2.62. The molecule has 0 amide bonds. The number of anilines is 3. The van der Waals surface area contributed by atoms with Crippen molar-refractivity contribution in [3.63, 3.8) is 0 Å². The Bertz CT molecular complexity index is 324. The monoisotopic (exact) mass is 223 g/mol. The maximum Gasteiger partial charge on any atom is 0.154 e. The predicted molar refractivity (Wildman–Crippen MR) is 68.6 cm³/mol. The van der Waals surface area contributed by atoms with Gasteiger partial charge in [0.2, 0.25) is 0 Å². The quantitative estimate of drug-likeness (QED) is 0.687. The van der Waals surface area contributed by atoms with Crippen LogP contribution in [0.15, 0.2) is 6.33 Å². The molecule has 0 radical (unpaired) electrons. The number of hydrogen-bond acceptors (Lipinski definition) is 5. The van der Waals surface area contributed by atoms with Gasteiger partial charge in [-0.1, -0.05) is 13.8 Å². The molecule has 0 aliphatic carbocycles. The Morgan fingerprint density at radius 1 is 1.25 bits per heavy atom. The highest BCUT2D eigenvalue weighted by Crippen LogP contribution is 2.22. The molecule has 1 rings (SSSR count). The van der Waals surface area contributed by atoms with E-state index in [1.807, 2.05) is 6.92 Å². The van der Waals surface area contributed by atoms with Crippen LogP contribution < -0.4 is 16.4 Å². The molecule has 0 saturated heterocycles. The van der Waals surface area contributed by atoms with Crippen LogP contribution in [-0.2, 0) is 0 Å². The molecule has 5 nitrogen and oxygen atoms in total. The Labute approximate surface area is 96.9 Å². The first-order chi connectivity index (χ1) is 7.65. The normalized spacial score (nSPS) is 10.5. The first kappa shape index (κ1) is 12.5. The average molecular weight is 223 g/mol. The molecule has 0 atom stereocenters. The number of nitrogens with zero attached hydrogens (tertiary/aromatic N) is 2. The summed E-state index contributed by atoms with van der Waals surface area (Å²) in [5.74, 6) is 2.08. The standard InChI is InChI=1S/C11H21N5/c1-4-13-10-9(12)11(16-7-15-10)14-6-5-8(2)3/h7-8H,4-6,12H2,1-3H3,(H2,13,14,15,16). The third-order valence-electron chi connectivity index (χ3n) is 2.24. The molecule has 1 aromatic heterocycles. The van der Waals surface area contributed by atoms with E-state index in [1.54, 1.807) is 0 Å². The molecule has 0 spiro atoms. The van der Waals surface area contributed by atoms with Crippen molar-refractivity contribution in [2.45, 2.75) is 27.2 Å². The van der Waals surface area contributed by atoms with E-state index in [0.717, 1.165) is 19.5 Å². The van der Waals surface area contributed by atoms with Gasteiger partial charge in [-0.05, 0) is 19.3 Å². The van der Waals surface area contributed by atoms with Crippen LogP contribution in [0.4, 0.5) is 17.3 Å². The van der Waals surface area contributed by atoms with Gasteiger partial charge in [-0.2, -0.15) is 0 Å². The summed E-state index contributed by atoms with van der Waals surface area (Å²) >= 11 is 0. The second-order valence-corrected chi connectivity index (χ2v) is 4.12. The summed E-state index contributed by atoms with van der Waals surface area (Å²) in [6.45, 7) is 8.06. The molecule has 0 aliphatic rings. The Hall–Kier alpha value is -1.52. The molecular weight excluding hydrogens is 202 g/mol. The van der Waals surface area contributed by atoms with Crippen molar-refractivity contribution in [1.82, 2.24) is 9.97 Å². The van der Waals surface area contributed by atoms with E-state index < -0.39 is 0 Å². The summed E-state index contributed by atoms with van der Waals surface area (Å²) in [5, 5.41) is 6.33. The zero-order chi connectivity index (χ0) is 12.0. The molecule has 16 heavy (non-hydrogen) atoms. The maximum atomic E-state index is 5.94. The molecule has 0 fully saturated rings. The van der Waals surface area contributed by atoms with Crippen molar-refractivity contribution in [3.8, 4) is 0 Å². The van der Waals surface area contributed by atoms with Crippen molar-refractivity contribution in [2.75, 3.05) is 29.5 Å². The van der Waals surface area contributed by atoms with Crippen LogP contribution in [0.5, 0.6) is 0 Å². The predicted octanol–water partition coefficient (Wildman–Crippen LogP) is 1.95. The van der Waals surface area contributed by atoms with Crippen molar-refractivity contribution in [2.24, 2.45) is 5.92 Å². The Balaban J connectivity index is 2.62. The highest BCUT2D eigenvalue weighted by molar-refractivity contribution is 5.73. The van der Waals surface area contributed by atoms with E-state index in [-0.39, 0.29) is 0 Å². The summed E-state index contributed by atoms with van der Waals surface area (Å²) in [7, 11) is 0. The topological polar surface area (TPSA) is 75.9 Å². The van der Waals surface area contributed by atoms with E-state index in [2.05, 4.69) is 34.4 Å². The Morgan fingerprint density at radius 3 is 2.44 bits per heavy atom. The zero-order valence-corrected chi connectivity index (χ0v) is 10.2. The van der Waals surface area contributed by atoms with Gasteiger partial charge in [-0.3, -0.25) is 0 Å². The van der Waals surface area contributed by atoms with Gasteiger partial charge in [0.25, 0.3) is 0 Å². The highest BCUT2D eigenvalue weighted by atomic mass is 15.1. The van der Waals surface area contributed by atoms with Gasteiger partial charge in [0.05, 0.1) is 0 Å². The smallest absolute Gasteiger partial charge is 0.154 e. The molecule has 4 N–H and O–H groups in total. The number of nitrogens with two attached hydrogens (primary N) is 1. The molecule has 0 unspecified atom stereocenters. The fraction of sp³-hybridized carbons (Fsp3) is 0.636. The van der Waals surface area contributed by atoms with E-state index in [9.17, 15) is 0 Å². The number of aromatic nitrogens is 2. The van der Waals surface area contributed by atoms with Gasteiger partial charge in [0.1, 0.15) is 12.0 Å². The maximum absolute atomic E-state index is 5.94. The molecule has 0 bridgehead atoms. The van der Waals surface area contributed by atoms with Gasteiger partial charge < -0.3 is 16.4 Å². The SMILES string of the molecule is CCNc1ncnc(NCCC(C)C)c1N. The van der Waals surface area contributed by atoms with E-state index in [4.69, 9.17) is 5.73 Å². The van der Waals surface area contributed by atoms with Crippen molar-refractivity contribution >= 4 is 17.3 Å². The van der Waals surface area contributed by atoms with Crippen LogP contribution in [0.25, 0.3) is 0 Å². The van der Waals surface area contributed by atoms with Crippen molar-refractivity contribution < 1.29 is 0 Å². The fourth-order valence-corrected chi connectivity index (χ4v) is 1.32. The fourth-order valence-electron chi connectivity index (χ4n) is 1.32. The molecule has 5 heteroatoms. The molecule has 1 aromatic rings. The third kappa shape index (κ3) is 3.56. The lowest BCUT2D eigenvalue weighted by Gasteiger charge is -2.12. The molecular formula is C11H21N5. The number of rotatable bonds is 6. The molecule has 0 aliphatic heterocycles. The minimum absolute atomic E-state index is 0.591. The minimum Gasteiger partial charge on any atom is -0.393 e. The lowest BCUT2D eigenvalue weighted by molar-refractivity contribution is 0.606. The summed E-state index contributed by atoms with van der Waals surface area (Å²) in [4.78, 5) is 8.22. The van der Waals surface area contributed by atoms with Gasteiger partial charge in [0, 0.05) is 13.1 Å². The second kappa shape index (κ2) is 6.15. The number of nitrogens with one attached hydrogen (secondary N) is 2. The number of hydrogen-bond donors (Lipinski definition) is 3. The number of nitrogen functional groups attached to an aromatic ring is 1. The average Bonchev–Trinajstić information content (AvgIpc) is 2.23. The second-order valence-electron chi connectivity index (χ2n) is 4.12.